The first-order valence-electron chi connectivity index (χ1n) is 7.48. The van der Waals surface area contributed by atoms with E-state index in [1.54, 1.807) is 17.3 Å². The van der Waals surface area contributed by atoms with E-state index in [2.05, 4.69) is 25.2 Å². The number of nitrogens with zero attached hydrogens (tertiary/aromatic N) is 5. The fraction of sp³-hybridized carbons (Fsp3) is 0.333. The predicted molar refractivity (Wildman–Crippen MR) is 84.9 cm³/mol. The minimum Gasteiger partial charge on any atom is -0.378 e. The second kappa shape index (κ2) is 5.81. The topological polar surface area (TPSA) is 83.5 Å². The standard InChI is InChI=1S/C15H16N6O2/c22-14-9-18-15-12(8-16-10-19-15)21(14)11-1-2-13(17-7-11)20-3-5-23-6-4-20/h1-2,7-8,10H,3-6,9H2,(H,16,18,19). The van der Waals surface area contributed by atoms with Gasteiger partial charge in [-0.3, -0.25) is 9.69 Å². The highest BCUT2D eigenvalue weighted by molar-refractivity contribution is 6.07. The highest BCUT2D eigenvalue weighted by Gasteiger charge is 2.26. The van der Waals surface area contributed by atoms with Gasteiger partial charge in [-0.25, -0.2) is 15.0 Å². The van der Waals surface area contributed by atoms with Gasteiger partial charge in [-0.05, 0) is 12.1 Å². The molecule has 0 radical (unpaired) electrons. The van der Waals surface area contributed by atoms with Crippen LogP contribution >= 0.6 is 0 Å². The van der Waals surface area contributed by atoms with Crippen LogP contribution in [0.15, 0.2) is 30.9 Å². The molecule has 1 saturated heterocycles. The van der Waals surface area contributed by atoms with Gasteiger partial charge in [0.15, 0.2) is 5.82 Å². The van der Waals surface area contributed by atoms with Crippen molar-refractivity contribution in [1.82, 2.24) is 15.0 Å². The summed E-state index contributed by atoms with van der Waals surface area (Å²) < 4.78 is 5.35. The fourth-order valence-corrected chi connectivity index (χ4v) is 2.77. The summed E-state index contributed by atoms with van der Waals surface area (Å²) in [7, 11) is 0. The zero-order chi connectivity index (χ0) is 15.6. The lowest BCUT2D eigenvalue weighted by molar-refractivity contribution is -0.116. The minimum atomic E-state index is -0.0618. The molecule has 23 heavy (non-hydrogen) atoms. The molecule has 0 aromatic carbocycles. The van der Waals surface area contributed by atoms with Crippen molar-refractivity contribution in [2.75, 3.05) is 48.0 Å². The molecule has 8 nitrogen and oxygen atoms in total. The van der Waals surface area contributed by atoms with E-state index in [-0.39, 0.29) is 12.5 Å². The van der Waals surface area contributed by atoms with E-state index in [0.29, 0.717) is 30.4 Å². The second-order valence-corrected chi connectivity index (χ2v) is 5.31. The van der Waals surface area contributed by atoms with E-state index < -0.39 is 0 Å². The Balaban J connectivity index is 1.64. The Hall–Kier alpha value is -2.74. The molecule has 0 aliphatic carbocycles. The summed E-state index contributed by atoms with van der Waals surface area (Å²) in [6, 6.07) is 3.83. The number of carbonyl (C=O) groups excluding carboxylic acids is 1. The molecular weight excluding hydrogens is 296 g/mol. The molecule has 0 spiro atoms. The number of hydrogen-bond donors (Lipinski definition) is 1. The number of amides is 1. The Labute approximate surface area is 133 Å². The van der Waals surface area contributed by atoms with Gasteiger partial charge in [0.25, 0.3) is 5.91 Å². The Bertz CT molecular complexity index is 714. The van der Waals surface area contributed by atoms with Crippen LogP contribution in [0.25, 0.3) is 0 Å². The van der Waals surface area contributed by atoms with Gasteiger partial charge in [-0.1, -0.05) is 0 Å². The van der Waals surface area contributed by atoms with Gasteiger partial charge in [0.1, 0.15) is 17.8 Å². The Kier molecular flexibility index (Phi) is 3.51. The molecule has 0 bridgehead atoms. The van der Waals surface area contributed by atoms with Gasteiger partial charge in [-0.2, -0.15) is 0 Å². The quantitative estimate of drug-likeness (QED) is 0.878. The minimum absolute atomic E-state index is 0.0618. The monoisotopic (exact) mass is 312 g/mol. The van der Waals surface area contributed by atoms with Gasteiger partial charge in [0, 0.05) is 13.1 Å². The molecule has 2 aromatic heterocycles. The number of hydrogen-bond acceptors (Lipinski definition) is 7. The maximum atomic E-state index is 12.3. The average molecular weight is 312 g/mol. The van der Waals surface area contributed by atoms with E-state index in [0.717, 1.165) is 18.9 Å². The summed E-state index contributed by atoms with van der Waals surface area (Å²) in [5.74, 6) is 1.48. The van der Waals surface area contributed by atoms with Crippen molar-refractivity contribution in [2.24, 2.45) is 0 Å². The number of rotatable bonds is 2. The van der Waals surface area contributed by atoms with Crippen LogP contribution in [0.5, 0.6) is 0 Å². The van der Waals surface area contributed by atoms with Gasteiger partial charge in [0.2, 0.25) is 0 Å². The van der Waals surface area contributed by atoms with Gasteiger partial charge in [-0.15, -0.1) is 0 Å². The number of ether oxygens (including phenoxy) is 1. The van der Waals surface area contributed by atoms with Crippen molar-refractivity contribution in [3.05, 3.63) is 30.9 Å². The highest BCUT2D eigenvalue weighted by Crippen LogP contribution is 2.33. The summed E-state index contributed by atoms with van der Waals surface area (Å²) >= 11 is 0. The van der Waals surface area contributed by atoms with E-state index in [1.165, 1.54) is 6.33 Å². The number of anilines is 4. The molecule has 0 atom stereocenters. The number of aromatic nitrogens is 3. The lowest BCUT2D eigenvalue weighted by Gasteiger charge is -2.30. The SMILES string of the molecule is O=C1CNc2ncncc2N1c1ccc(N2CCOCC2)nc1. The number of pyridine rings is 1. The number of morpholine rings is 1. The number of carbonyl (C=O) groups is 1. The third kappa shape index (κ3) is 2.57. The zero-order valence-corrected chi connectivity index (χ0v) is 12.5. The highest BCUT2D eigenvalue weighted by atomic mass is 16.5. The molecule has 1 fully saturated rings. The van der Waals surface area contributed by atoms with E-state index in [4.69, 9.17) is 4.74 Å². The number of fused-ring (bicyclic) bond motifs is 1. The van der Waals surface area contributed by atoms with Crippen LogP contribution in [0.4, 0.5) is 23.0 Å². The Morgan fingerprint density at radius 2 is 2.00 bits per heavy atom. The summed E-state index contributed by atoms with van der Waals surface area (Å²) in [5, 5.41) is 2.99. The van der Waals surface area contributed by atoms with Gasteiger partial charge >= 0.3 is 0 Å². The number of nitrogens with one attached hydrogen (secondary N) is 1. The lowest BCUT2D eigenvalue weighted by Crippen LogP contribution is -2.38. The molecule has 2 aliphatic rings. The molecule has 1 N–H and O–H groups in total. The molecule has 4 heterocycles. The van der Waals surface area contributed by atoms with Crippen molar-refractivity contribution in [3.63, 3.8) is 0 Å². The van der Waals surface area contributed by atoms with E-state index in [9.17, 15) is 4.79 Å². The third-order valence-corrected chi connectivity index (χ3v) is 3.92. The molecule has 4 rings (SSSR count). The van der Waals surface area contributed by atoms with Crippen LogP contribution in [-0.4, -0.2) is 53.7 Å². The molecule has 1 amide bonds. The van der Waals surface area contributed by atoms with Gasteiger partial charge in [0.05, 0.1) is 37.8 Å². The van der Waals surface area contributed by atoms with Gasteiger partial charge < -0.3 is 15.0 Å². The van der Waals surface area contributed by atoms with Crippen LogP contribution in [0.2, 0.25) is 0 Å². The Morgan fingerprint density at radius 3 is 2.78 bits per heavy atom. The first-order valence-corrected chi connectivity index (χ1v) is 7.48. The molecule has 118 valence electrons. The molecule has 2 aliphatic heterocycles. The molecule has 2 aromatic rings. The molecule has 0 unspecified atom stereocenters. The first kappa shape index (κ1) is 13.9. The summed E-state index contributed by atoms with van der Waals surface area (Å²) in [6.45, 7) is 3.29. The van der Waals surface area contributed by atoms with E-state index >= 15 is 0 Å². The van der Waals surface area contributed by atoms with Crippen molar-refractivity contribution >= 4 is 28.9 Å². The van der Waals surface area contributed by atoms with Crippen LogP contribution in [0.1, 0.15) is 0 Å². The second-order valence-electron chi connectivity index (χ2n) is 5.31. The van der Waals surface area contributed by atoms with Crippen molar-refractivity contribution in [2.45, 2.75) is 0 Å². The lowest BCUT2D eigenvalue weighted by atomic mass is 10.2. The summed E-state index contributed by atoms with van der Waals surface area (Å²) in [5.41, 5.74) is 1.36. The predicted octanol–water partition coefficient (Wildman–Crippen LogP) is 0.798. The average Bonchev–Trinajstić information content (AvgIpc) is 2.63. The maximum absolute atomic E-state index is 12.3. The molecule has 0 saturated carbocycles. The molecular formula is C15H16N6O2. The summed E-state index contributed by atoms with van der Waals surface area (Å²) in [6.07, 6.45) is 4.80. The Morgan fingerprint density at radius 1 is 1.13 bits per heavy atom. The van der Waals surface area contributed by atoms with Crippen molar-refractivity contribution in [3.8, 4) is 0 Å². The fourth-order valence-electron chi connectivity index (χ4n) is 2.77. The van der Waals surface area contributed by atoms with Crippen LogP contribution in [-0.2, 0) is 9.53 Å². The third-order valence-electron chi connectivity index (χ3n) is 3.92. The smallest absolute Gasteiger partial charge is 0.251 e. The largest absolute Gasteiger partial charge is 0.378 e. The summed E-state index contributed by atoms with van der Waals surface area (Å²) in [4.78, 5) is 28.7. The molecule has 8 heteroatoms. The van der Waals surface area contributed by atoms with E-state index in [1.807, 2.05) is 12.1 Å². The van der Waals surface area contributed by atoms with Crippen LogP contribution in [0, 0.1) is 0 Å². The maximum Gasteiger partial charge on any atom is 0.251 e. The zero-order valence-electron chi connectivity index (χ0n) is 12.5. The van der Waals surface area contributed by atoms with Crippen LogP contribution < -0.4 is 15.1 Å². The van der Waals surface area contributed by atoms with Crippen LogP contribution in [0.3, 0.4) is 0 Å². The normalized spacial score (nSPS) is 17.7. The van der Waals surface area contributed by atoms with Crippen molar-refractivity contribution < 1.29 is 9.53 Å². The van der Waals surface area contributed by atoms with Crippen molar-refractivity contribution in [1.29, 1.82) is 0 Å². The first-order chi connectivity index (χ1) is 11.3.